The molecule has 122 valence electrons. The zero-order chi connectivity index (χ0) is 15.9. The number of carbonyl (C=O) groups is 2. The molecule has 1 unspecified atom stereocenters. The molecule has 1 saturated heterocycles. The molecule has 1 aliphatic carbocycles. The SMILES string of the molecule is O=C1CC(C(=O)NCCc2cn3ccsc3n2)C2(CCCC2)O1. The third-order valence-electron chi connectivity index (χ3n) is 4.91. The predicted octanol–water partition coefficient (Wildman–Crippen LogP) is 1.93. The van der Waals surface area contributed by atoms with Crippen molar-refractivity contribution in [2.24, 2.45) is 5.92 Å². The summed E-state index contributed by atoms with van der Waals surface area (Å²) >= 11 is 1.59. The van der Waals surface area contributed by atoms with E-state index in [-0.39, 0.29) is 24.2 Å². The monoisotopic (exact) mass is 333 g/mol. The molecule has 1 aliphatic heterocycles. The number of aromatic nitrogens is 2. The smallest absolute Gasteiger partial charge is 0.307 e. The maximum atomic E-state index is 12.5. The van der Waals surface area contributed by atoms with Gasteiger partial charge in [0.05, 0.1) is 18.0 Å². The summed E-state index contributed by atoms with van der Waals surface area (Å²) in [7, 11) is 0. The van der Waals surface area contributed by atoms with Crippen LogP contribution in [-0.4, -0.2) is 33.4 Å². The van der Waals surface area contributed by atoms with Crippen LogP contribution in [0.5, 0.6) is 0 Å². The standard InChI is InChI=1S/C16H19N3O3S/c20-13-9-12(16(22-13)4-1-2-5-16)14(21)17-6-3-11-10-19-7-8-23-15(19)18-11/h7-8,10,12H,1-6,9H2,(H,17,21). The van der Waals surface area contributed by atoms with Gasteiger partial charge in [-0.2, -0.15) is 0 Å². The first-order chi connectivity index (χ1) is 11.2. The van der Waals surface area contributed by atoms with Gasteiger partial charge in [-0.15, -0.1) is 11.3 Å². The molecule has 1 atom stereocenters. The molecule has 0 radical (unpaired) electrons. The lowest BCUT2D eigenvalue weighted by atomic mass is 9.85. The van der Waals surface area contributed by atoms with Gasteiger partial charge in [0, 0.05) is 30.7 Å². The van der Waals surface area contributed by atoms with Gasteiger partial charge >= 0.3 is 5.97 Å². The normalized spacial score (nSPS) is 22.8. The number of amides is 1. The second-order valence-electron chi connectivity index (χ2n) is 6.37. The van der Waals surface area contributed by atoms with Gasteiger partial charge in [0.2, 0.25) is 5.91 Å². The van der Waals surface area contributed by atoms with Crippen LogP contribution in [0, 0.1) is 5.92 Å². The van der Waals surface area contributed by atoms with Gasteiger partial charge in [0.1, 0.15) is 5.60 Å². The fraction of sp³-hybridized carbons (Fsp3) is 0.562. The van der Waals surface area contributed by atoms with Crippen LogP contribution < -0.4 is 5.32 Å². The number of ether oxygens (including phenoxy) is 1. The molecular weight excluding hydrogens is 314 g/mol. The molecule has 0 bridgehead atoms. The largest absolute Gasteiger partial charge is 0.458 e. The maximum Gasteiger partial charge on any atom is 0.307 e. The van der Waals surface area contributed by atoms with Gasteiger partial charge in [-0.1, -0.05) is 0 Å². The van der Waals surface area contributed by atoms with E-state index in [2.05, 4.69) is 10.3 Å². The third-order valence-corrected chi connectivity index (χ3v) is 5.68. The van der Waals surface area contributed by atoms with Crippen molar-refractivity contribution in [3.63, 3.8) is 0 Å². The molecule has 1 spiro atoms. The van der Waals surface area contributed by atoms with Gasteiger partial charge in [0.25, 0.3) is 0 Å². The zero-order valence-electron chi connectivity index (χ0n) is 12.8. The van der Waals surface area contributed by atoms with Gasteiger partial charge in [0.15, 0.2) is 4.96 Å². The van der Waals surface area contributed by atoms with E-state index in [0.29, 0.717) is 13.0 Å². The lowest BCUT2D eigenvalue weighted by Gasteiger charge is -2.27. The van der Waals surface area contributed by atoms with E-state index in [0.717, 1.165) is 36.3 Å². The van der Waals surface area contributed by atoms with Gasteiger partial charge in [-0.3, -0.25) is 14.0 Å². The number of hydrogen-bond donors (Lipinski definition) is 1. The Morgan fingerprint density at radius 1 is 1.48 bits per heavy atom. The highest BCUT2D eigenvalue weighted by molar-refractivity contribution is 7.15. The Bertz CT molecular complexity index is 716. The molecule has 2 aromatic heterocycles. The summed E-state index contributed by atoms with van der Waals surface area (Å²) in [6.07, 6.45) is 8.55. The Hall–Kier alpha value is -1.89. The van der Waals surface area contributed by atoms with E-state index < -0.39 is 5.60 Å². The Morgan fingerprint density at radius 2 is 2.30 bits per heavy atom. The van der Waals surface area contributed by atoms with Crippen LogP contribution in [0.25, 0.3) is 4.96 Å². The van der Waals surface area contributed by atoms with E-state index in [9.17, 15) is 9.59 Å². The molecule has 7 heteroatoms. The van der Waals surface area contributed by atoms with Crippen molar-refractivity contribution < 1.29 is 14.3 Å². The predicted molar refractivity (Wildman–Crippen MR) is 85.2 cm³/mol. The highest BCUT2D eigenvalue weighted by Gasteiger charge is 2.53. The number of hydrogen-bond acceptors (Lipinski definition) is 5. The van der Waals surface area contributed by atoms with E-state index in [1.54, 1.807) is 11.3 Å². The van der Waals surface area contributed by atoms with E-state index in [1.165, 1.54) is 0 Å². The van der Waals surface area contributed by atoms with Crippen LogP contribution in [0.4, 0.5) is 0 Å². The quantitative estimate of drug-likeness (QED) is 0.868. The molecule has 4 rings (SSSR count). The van der Waals surface area contributed by atoms with E-state index in [1.807, 2.05) is 22.2 Å². The number of nitrogens with zero attached hydrogens (tertiary/aromatic N) is 2. The summed E-state index contributed by atoms with van der Waals surface area (Å²) in [5.74, 6) is -0.622. The first-order valence-electron chi connectivity index (χ1n) is 8.07. The molecule has 2 aliphatic rings. The number of fused-ring (bicyclic) bond motifs is 1. The highest BCUT2D eigenvalue weighted by atomic mass is 32.1. The molecular formula is C16H19N3O3S. The van der Waals surface area contributed by atoms with Crippen molar-refractivity contribution in [3.05, 3.63) is 23.5 Å². The third kappa shape index (κ3) is 2.63. The number of nitrogens with one attached hydrogen (secondary N) is 1. The number of esters is 1. The van der Waals surface area contributed by atoms with Crippen LogP contribution in [0.3, 0.4) is 0 Å². The van der Waals surface area contributed by atoms with Crippen molar-refractivity contribution >= 4 is 28.2 Å². The Morgan fingerprint density at radius 3 is 3.09 bits per heavy atom. The summed E-state index contributed by atoms with van der Waals surface area (Å²) in [6.45, 7) is 0.532. The van der Waals surface area contributed by atoms with Crippen LogP contribution in [0.15, 0.2) is 17.8 Å². The highest BCUT2D eigenvalue weighted by Crippen LogP contribution is 2.45. The van der Waals surface area contributed by atoms with Crippen molar-refractivity contribution in [2.45, 2.75) is 44.1 Å². The summed E-state index contributed by atoms with van der Waals surface area (Å²) in [5, 5.41) is 4.96. The minimum atomic E-state index is -0.530. The average molecular weight is 333 g/mol. The fourth-order valence-electron chi connectivity index (χ4n) is 3.78. The number of carbonyl (C=O) groups excluding carboxylic acids is 2. The average Bonchev–Trinajstić information content (AvgIpc) is 3.24. The summed E-state index contributed by atoms with van der Waals surface area (Å²) in [6, 6.07) is 0. The van der Waals surface area contributed by atoms with Crippen LogP contribution in [0.1, 0.15) is 37.8 Å². The van der Waals surface area contributed by atoms with Gasteiger partial charge in [-0.05, 0) is 25.7 Å². The topological polar surface area (TPSA) is 72.7 Å². The van der Waals surface area contributed by atoms with Crippen molar-refractivity contribution in [1.82, 2.24) is 14.7 Å². The molecule has 1 N–H and O–H groups in total. The first kappa shape index (κ1) is 14.7. The van der Waals surface area contributed by atoms with E-state index in [4.69, 9.17) is 4.74 Å². The second kappa shape index (κ2) is 5.63. The first-order valence-corrected chi connectivity index (χ1v) is 8.95. The minimum absolute atomic E-state index is 0.0567. The number of rotatable bonds is 4. The molecule has 2 aromatic rings. The van der Waals surface area contributed by atoms with Crippen LogP contribution in [0.2, 0.25) is 0 Å². The van der Waals surface area contributed by atoms with Crippen molar-refractivity contribution in [1.29, 1.82) is 0 Å². The van der Waals surface area contributed by atoms with Crippen molar-refractivity contribution in [2.75, 3.05) is 6.54 Å². The lowest BCUT2D eigenvalue weighted by Crippen LogP contribution is -2.43. The molecule has 0 aromatic carbocycles. The van der Waals surface area contributed by atoms with Gasteiger partial charge < -0.3 is 10.1 Å². The second-order valence-corrected chi connectivity index (χ2v) is 7.24. The molecule has 2 fully saturated rings. The number of imidazole rings is 1. The van der Waals surface area contributed by atoms with Crippen LogP contribution in [-0.2, 0) is 20.7 Å². The van der Waals surface area contributed by atoms with Crippen molar-refractivity contribution in [3.8, 4) is 0 Å². The van der Waals surface area contributed by atoms with E-state index >= 15 is 0 Å². The Balaban J connectivity index is 1.36. The summed E-state index contributed by atoms with van der Waals surface area (Å²) in [4.78, 5) is 29.6. The minimum Gasteiger partial charge on any atom is -0.458 e. The number of thiazole rings is 1. The Kier molecular flexibility index (Phi) is 3.60. The molecule has 1 amide bonds. The molecule has 6 nitrogen and oxygen atoms in total. The molecule has 3 heterocycles. The maximum absolute atomic E-state index is 12.5. The summed E-state index contributed by atoms with van der Waals surface area (Å²) < 4.78 is 7.51. The summed E-state index contributed by atoms with van der Waals surface area (Å²) in [5.41, 5.74) is 0.435. The molecule has 23 heavy (non-hydrogen) atoms. The molecule has 1 saturated carbocycles. The lowest BCUT2D eigenvalue weighted by molar-refractivity contribution is -0.149. The zero-order valence-corrected chi connectivity index (χ0v) is 13.6. The Labute approximate surface area is 137 Å². The van der Waals surface area contributed by atoms with Crippen LogP contribution >= 0.6 is 11.3 Å². The van der Waals surface area contributed by atoms with Gasteiger partial charge in [-0.25, -0.2) is 4.98 Å². The fourth-order valence-corrected chi connectivity index (χ4v) is 4.50.